The summed E-state index contributed by atoms with van der Waals surface area (Å²) in [4.78, 5) is 105. The number of nitrogens with two attached hydrogens (primary N) is 1. The van der Waals surface area contributed by atoms with E-state index < -0.39 is 81.4 Å². The maximum atomic E-state index is 14.3. The van der Waals surface area contributed by atoms with Crippen molar-refractivity contribution >= 4 is 64.6 Å². The summed E-state index contributed by atoms with van der Waals surface area (Å²) in [5.74, 6) is -3.91. The van der Waals surface area contributed by atoms with Gasteiger partial charge in [-0.3, -0.25) is 50.2 Å². The number of nitrogens with zero attached hydrogens (tertiary/aromatic N) is 5. The average Bonchev–Trinajstić information content (AvgIpc) is 4.08. The van der Waals surface area contributed by atoms with Gasteiger partial charge in [0.2, 0.25) is 17.4 Å². The number of methoxy groups -OCH3 is 1. The Morgan fingerprint density at radius 3 is 1.64 bits per heavy atom. The molecule has 3 amide bonds. The second kappa shape index (κ2) is 24.6. The van der Waals surface area contributed by atoms with Gasteiger partial charge in [0.15, 0.2) is 5.96 Å². The summed E-state index contributed by atoms with van der Waals surface area (Å²) in [6.45, 7) is -0.336. The van der Waals surface area contributed by atoms with Crippen LogP contribution in [0.3, 0.4) is 0 Å². The Hall–Kier alpha value is -8.35. The van der Waals surface area contributed by atoms with Crippen molar-refractivity contribution in [2.45, 2.75) is 87.0 Å². The standard InChI is InChI=1S/C50H55N9O15S/c1-71-41-20-8-34(9-21-41)30-75-42-24-43(56(26-42)49(64)74-29-33-6-18-40(19-7-33)59(69)70)45(61)55-23-22-37(25-55)53-44(60)35-10-12-36(13-11-35)50(54-48(51)52,46(62)72-27-31-2-14-38(15-3-31)57(65)66)47(63)73-28-32-4-16-39(17-5-32)58(67)68/h2-9,14-21,35-37,42-43H,10-13,22-30H2,1H3,(H,53,60)(H4,51,52,54)/t35?,36?,37-,42-,43-/m0/s1. The number of nitrogens with one attached hydrogen (secondary N) is 3. The molecule has 1 aliphatic carbocycles. The van der Waals surface area contributed by atoms with E-state index in [0.717, 1.165) is 5.56 Å². The van der Waals surface area contributed by atoms with Gasteiger partial charge in [-0.2, -0.15) is 11.8 Å². The molecule has 3 fully saturated rings. The number of ether oxygens (including phenoxy) is 4. The van der Waals surface area contributed by atoms with Crippen molar-refractivity contribution in [1.82, 2.24) is 20.4 Å². The second-order valence-electron chi connectivity index (χ2n) is 18.3. The lowest BCUT2D eigenvalue weighted by Crippen LogP contribution is -2.67. The second-order valence-corrected chi connectivity index (χ2v) is 19.6. The molecule has 5 N–H and O–H groups in total. The van der Waals surface area contributed by atoms with Crippen LogP contribution in [-0.2, 0) is 59.0 Å². The number of carbonyl (C=O) groups excluding carboxylic acids is 5. The molecular formula is C50H55N9O15S. The highest BCUT2D eigenvalue weighted by molar-refractivity contribution is 7.99. The van der Waals surface area contributed by atoms with Crippen molar-refractivity contribution in [2.75, 3.05) is 26.7 Å². The number of esters is 2. The molecule has 75 heavy (non-hydrogen) atoms. The number of thioether (sulfide) groups is 1. The van der Waals surface area contributed by atoms with Crippen LogP contribution in [0.2, 0.25) is 0 Å². The highest BCUT2D eigenvalue weighted by Gasteiger charge is 2.57. The van der Waals surface area contributed by atoms with Gasteiger partial charge in [0.25, 0.3) is 17.1 Å². The molecule has 2 saturated heterocycles. The molecule has 1 saturated carbocycles. The molecule has 0 spiro atoms. The molecule has 2 aliphatic heterocycles. The predicted octanol–water partition coefficient (Wildman–Crippen LogP) is 5.66. The molecule has 24 nitrogen and oxygen atoms in total. The number of nitro groups is 3. The number of amides is 3. The Bertz CT molecular complexity index is 2690. The minimum atomic E-state index is -2.40. The van der Waals surface area contributed by atoms with Gasteiger partial charge in [0, 0.05) is 84.9 Å². The third-order valence-electron chi connectivity index (χ3n) is 13.5. The number of carbonyl (C=O) groups is 5. The third-order valence-corrected chi connectivity index (χ3v) is 14.8. The number of non-ortho nitro benzene ring substituents is 3. The van der Waals surface area contributed by atoms with E-state index in [2.05, 4.69) is 10.6 Å². The van der Waals surface area contributed by atoms with E-state index in [1.165, 1.54) is 77.7 Å². The van der Waals surface area contributed by atoms with Crippen LogP contribution in [0, 0.1) is 47.6 Å². The fourth-order valence-corrected chi connectivity index (χ4v) is 10.6. The number of rotatable bonds is 20. The van der Waals surface area contributed by atoms with E-state index >= 15 is 0 Å². The zero-order chi connectivity index (χ0) is 53.8. The number of benzene rings is 4. The van der Waals surface area contributed by atoms with Crippen LogP contribution in [0.1, 0.15) is 60.8 Å². The van der Waals surface area contributed by atoms with Gasteiger partial charge >= 0.3 is 18.0 Å². The number of hydrogen-bond acceptors (Lipinski definition) is 17. The Morgan fingerprint density at radius 1 is 0.693 bits per heavy atom. The van der Waals surface area contributed by atoms with Crippen molar-refractivity contribution in [3.63, 3.8) is 0 Å². The van der Waals surface area contributed by atoms with Gasteiger partial charge in [-0.05, 0) is 109 Å². The van der Waals surface area contributed by atoms with Crippen LogP contribution >= 0.6 is 11.8 Å². The monoisotopic (exact) mass is 1050 g/mol. The molecule has 3 aliphatic rings. The molecule has 2 heterocycles. The fourth-order valence-electron chi connectivity index (χ4n) is 9.41. The Kier molecular flexibility index (Phi) is 17.8. The van der Waals surface area contributed by atoms with E-state index in [1.807, 2.05) is 24.3 Å². The number of guanidine groups is 1. The van der Waals surface area contributed by atoms with Crippen LogP contribution < -0.4 is 21.1 Å². The summed E-state index contributed by atoms with van der Waals surface area (Å²) in [5, 5.41) is 47.2. The van der Waals surface area contributed by atoms with Crippen molar-refractivity contribution in [1.29, 1.82) is 5.41 Å². The predicted molar refractivity (Wildman–Crippen MR) is 269 cm³/mol. The number of hydrogen-bond donors (Lipinski definition) is 4. The summed E-state index contributed by atoms with van der Waals surface area (Å²) >= 11 is 1.60. The van der Waals surface area contributed by atoms with Gasteiger partial charge in [-0.25, -0.2) is 14.4 Å². The Labute approximate surface area is 433 Å². The van der Waals surface area contributed by atoms with Crippen LogP contribution in [-0.4, -0.2) is 110 Å². The van der Waals surface area contributed by atoms with Crippen LogP contribution in [0.5, 0.6) is 5.75 Å². The Balaban J connectivity index is 0.992. The van der Waals surface area contributed by atoms with Crippen molar-refractivity contribution in [3.8, 4) is 5.75 Å². The maximum Gasteiger partial charge on any atom is 0.410 e. The molecule has 3 atom stereocenters. The van der Waals surface area contributed by atoms with Gasteiger partial charge in [0.05, 0.1) is 21.9 Å². The third kappa shape index (κ3) is 13.6. The highest BCUT2D eigenvalue weighted by Crippen LogP contribution is 2.39. The molecule has 0 unspecified atom stereocenters. The minimum absolute atomic E-state index is 0.0718. The largest absolute Gasteiger partial charge is 0.497 e. The van der Waals surface area contributed by atoms with Crippen molar-refractivity contribution in [2.24, 2.45) is 17.6 Å². The van der Waals surface area contributed by atoms with E-state index in [9.17, 15) is 54.3 Å². The molecule has 0 aromatic heterocycles. The van der Waals surface area contributed by atoms with Gasteiger partial charge in [-0.15, -0.1) is 0 Å². The Morgan fingerprint density at radius 2 is 1.17 bits per heavy atom. The van der Waals surface area contributed by atoms with Crippen molar-refractivity contribution in [3.05, 3.63) is 150 Å². The average molecular weight is 1050 g/mol. The lowest BCUT2D eigenvalue weighted by molar-refractivity contribution is -0.385. The van der Waals surface area contributed by atoms with Gasteiger partial charge in [-0.1, -0.05) is 12.1 Å². The summed E-state index contributed by atoms with van der Waals surface area (Å²) in [7, 11) is 1.58. The molecule has 7 rings (SSSR count). The lowest BCUT2D eigenvalue weighted by atomic mass is 9.71. The molecule has 4 aromatic carbocycles. The molecule has 396 valence electrons. The lowest BCUT2D eigenvalue weighted by Gasteiger charge is -2.40. The minimum Gasteiger partial charge on any atom is -0.497 e. The summed E-state index contributed by atoms with van der Waals surface area (Å²) in [6, 6.07) is 22.3. The molecular weight excluding hydrogens is 999 g/mol. The van der Waals surface area contributed by atoms with E-state index in [0.29, 0.717) is 47.6 Å². The maximum absolute atomic E-state index is 14.3. The van der Waals surface area contributed by atoms with Crippen LogP contribution in [0.15, 0.2) is 97.1 Å². The molecule has 4 aromatic rings. The van der Waals surface area contributed by atoms with Gasteiger partial charge in [0.1, 0.15) is 31.6 Å². The SMILES string of the molecule is COc1ccc(CS[C@H]2C[C@@H](C(=O)N3CC[C@H](NC(=O)C4CCC(C(NC(=N)N)(C(=O)OCc5ccc([N+](=O)[O-])cc5)C(=O)OCc5ccc([N+](=O)[O-])cc5)CC4)C3)N(C(=O)OCc3ccc([N+](=O)[O-])cc3)C2)cc1. The summed E-state index contributed by atoms with van der Waals surface area (Å²) in [6.07, 6.45) is 0.548. The summed E-state index contributed by atoms with van der Waals surface area (Å²) in [5.41, 5.74) is 5.15. The normalized spacial score (nSPS) is 19.3. The quantitative estimate of drug-likeness (QED) is 0.0158. The fraction of sp³-hybridized carbons (Fsp3) is 0.400. The first-order valence-corrected chi connectivity index (χ1v) is 24.9. The van der Waals surface area contributed by atoms with E-state index in [1.54, 1.807) is 23.8 Å². The van der Waals surface area contributed by atoms with Crippen molar-refractivity contribution < 1.29 is 57.7 Å². The van der Waals surface area contributed by atoms with Crippen LogP contribution in [0.25, 0.3) is 0 Å². The smallest absolute Gasteiger partial charge is 0.410 e. The zero-order valence-electron chi connectivity index (χ0n) is 40.7. The first-order valence-electron chi connectivity index (χ1n) is 23.9. The number of nitro benzene ring substituents is 3. The van der Waals surface area contributed by atoms with E-state index in [-0.39, 0.29) is 79.5 Å². The summed E-state index contributed by atoms with van der Waals surface area (Å²) < 4.78 is 22.2. The van der Waals surface area contributed by atoms with E-state index in [4.69, 9.17) is 30.1 Å². The molecule has 25 heteroatoms. The first kappa shape index (κ1) is 54.4. The van der Waals surface area contributed by atoms with Gasteiger partial charge < -0.3 is 40.2 Å². The topological polar surface area (TPSA) is 332 Å². The number of likely N-dealkylation sites (tertiary alicyclic amines) is 2. The highest BCUT2D eigenvalue weighted by atomic mass is 32.2. The van der Waals surface area contributed by atoms with Crippen LogP contribution in [0.4, 0.5) is 21.9 Å². The first-order chi connectivity index (χ1) is 35.9. The molecule has 0 bridgehead atoms. The zero-order valence-corrected chi connectivity index (χ0v) is 41.5. The molecule has 0 radical (unpaired) electrons.